The predicted molar refractivity (Wildman–Crippen MR) is 86.2 cm³/mol. The maximum absolute atomic E-state index is 10.4. The van der Waals surface area contributed by atoms with Crippen molar-refractivity contribution in [2.75, 3.05) is 13.1 Å². The van der Waals surface area contributed by atoms with Crippen molar-refractivity contribution in [3.8, 4) is 0 Å². The van der Waals surface area contributed by atoms with Gasteiger partial charge in [0.1, 0.15) is 0 Å². The van der Waals surface area contributed by atoms with Crippen LogP contribution < -0.4 is 0 Å². The summed E-state index contributed by atoms with van der Waals surface area (Å²) in [5.41, 5.74) is 5.19. The Bertz CT molecular complexity index is 591. The molecule has 21 heavy (non-hydrogen) atoms. The van der Waals surface area contributed by atoms with Gasteiger partial charge in [-0.1, -0.05) is 55.5 Å². The fraction of sp³-hybridized carbons (Fsp3) is 0.368. The number of hydrogen-bond acceptors (Lipinski definition) is 2. The summed E-state index contributed by atoms with van der Waals surface area (Å²) in [6.07, 6.45) is 1.72. The van der Waals surface area contributed by atoms with E-state index < -0.39 is 6.10 Å². The molecule has 0 aliphatic carbocycles. The average molecular weight is 281 g/mol. The quantitative estimate of drug-likeness (QED) is 0.929. The van der Waals surface area contributed by atoms with Crippen molar-refractivity contribution in [3.63, 3.8) is 0 Å². The van der Waals surface area contributed by atoms with Gasteiger partial charge in [0, 0.05) is 19.6 Å². The van der Waals surface area contributed by atoms with Gasteiger partial charge in [0.15, 0.2) is 0 Å². The number of aliphatic hydroxyl groups excluding tert-OH is 1. The molecule has 0 aromatic heterocycles. The molecular formula is C19H23NO. The Hall–Kier alpha value is -1.64. The lowest BCUT2D eigenvalue weighted by atomic mass is 9.99. The average Bonchev–Trinajstić information content (AvgIpc) is 2.55. The van der Waals surface area contributed by atoms with E-state index in [0.29, 0.717) is 6.54 Å². The van der Waals surface area contributed by atoms with Gasteiger partial charge in [0.2, 0.25) is 0 Å². The molecule has 0 radical (unpaired) electrons. The van der Waals surface area contributed by atoms with E-state index in [2.05, 4.69) is 60.4 Å². The van der Waals surface area contributed by atoms with Gasteiger partial charge in [-0.15, -0.1) is 0 Å². The van der Waals surface area contributed by atoms with Gasteiger partial charge < -0.3 is 5.11 Å². The molecule has 0 fully saturated rings. The standard InChI is InChI=1S/C19H23NO/c1-2-15-7-9-17(10-8-15)19(21)14-20-12-11-16-5-3-4-6-18(16)13-20/h3-10,19,21H,2,11-14H2,1H3. The first-order valence-corrected chi connectivity index (χ1v) is 7.82. The van der Waals surface area contributed by atoms with Crippen LogP contribution in [0.15, 0.2) is 48.5 Å². The number of fused-ring (bicyclic) bond motifs is 1. The molecule has 2 nitrogen and oxygen atoms in total. The SMILES string of the molecule is CCc1ccc(C(O)CN2CCc3ccccc3C2)cc1. The van der Waals surface area contributed by atoms with E-state index in [9.17, 15) is 5.11 Å². The third-order valence-corrected chi connectivity index (χ3v) is 4.41. The van der Waals surface area contributed by atoms with Gasteiger partial charge in [0.25, 0.3) is 0 Å². The molecule has 1 heterocycles. The molecule has 1 N–H and O–H groups in total. The van der Waals surface area contributed by atoms with Gasteiger partial charge in [-0.25, -0.2) is 0 Å². The maximum atomic E-state index is 10.4. The van der Waals surface area contributed by atoms with Crippen LogP contribution >= 0.6 is 0 Å². The highest BCUT2D eigenvalue weighted by Gasteiger charge is 2.19. The first-order chi connectivity index (χ1) is 10.3. The maximum Gasteiger partial charge on any atom is 0.0917 e. The molecule has 0 bridgehead atoms. The van der Waals surface area contributed by atoms with Gasteiger partial charge in [-0.2, -0.15) is 0 Å². The third-order valence-electron chi connectivity index (χ3n) is 4.41. The second-order valence-electron chi connectivity index (χ2n) is 5.86. The molecule has 2 aromatic carbocycles. The number of hydrogen-bond donors (Lipinski definition) is 1. The number of β-amino-alcohol motifs (C(OH)–C–C–N with tert-alkyl or cyclic N) is 1. The summed E-state index contributed by atoms with van der Waals surface area (Å²) in [7, 11) is 0. The lowest BCUT2D eigenvalue weighted by Gasteiger charge is -2.30. The zero-order valence-electron chi connectivity index (χ0n) is 12.6. The van der Waals surface area contributed by atoms with Crippen LogP contribution in [0.2, 0.25) is 0 Å². The summed E-state index contributed by atoms with van der Waals surface area (Å²) < 4.78 is 0. The number of aliphatic hydroxyl groups is 1. The summed E-state index contributed by atoms with van der Waals surface area (Å²) in [6.45, 7) is 4.83. The monoisotopic (exact) mass is 281 g/mol. The van der Waals surface area contributed by atoms with Crippen molar-refractivity contribution in [2.24, 2.45) is 0 Å². The lowest BCUT2D eigenvalue weighted by Crippen LogP contribution is -2.33. The van der Waals surface area contributed by atoms with Crippen molar-refractivity contribution < 1.29 is 5.11 Å². The summed E-state index contributed by atoms with van der Waals surface area (Å²) in [5.74, 6) is 0. The van der Waals surface area contributed by atoms with E-state index in [1.807, 2.05) is 0 Å². The van der Waals surface area contributed by atoms with Crippen LogP contribution in [-0.4, -0.2) is 23.1 Å². The smallest absolute Gasteiger partial charge is 0.0917 e. The van der Waals surface area contributed by atoms with Gasteiger partial charge in [-0.3, -0.25) is 4.90 Å². The molecule has 110 valence electrons. The fourth-order valence-corrected chi connectivity index (χ4v) is 3.04. The van der Waals surface area contributed by atoms with Crippen LogP contribution in [0.5, 0.6) is 0 Å². The van der Waals surface area contributed by atoms with Gasteiger partial charge >= 0.3 is 0 Å². The van der Waals surface area contributed by atoms with E-state index in [4.69, 9.17) is 0 Å². The molecule has 0 spiro atoms. The van der Waals surface area contributed by atoms with E-state index in [0.717, 1.165) is 31.5 Å². The molecule has 1 unspecified atom stereocenters. The molecule has 1 aliphatic heterocycles. The Morgan fingerprint density at radius 3 is 2.48 bits per heavy atom. The fourth-order valence-electron chi connectivity index (χ4n) is 3.04. The lowest BCUT2D eigenvalue weighted by molar-refractivity contribution is 0.106. The Balaban J connectivity index is 1.64. The number of nitrogens with zero attached hydrogens (tertiary/aromatic N) is 1. The second kappa shape index (κ2) is 6.42. The van der Waals surface area contributed by atoms with Crippen molar-refractivity contribution in [2.45, 2.75) is 32.4 Å². The Kier molecular flexibility index (Phi) is 4.37. The minimum absolute atomic E-state index is 0.402. The van der Waals surface area contributed by atoms with Crippen LogP contribution in [0.3, 0.4) is 0 Å². The second-order valence-corrected chi connectivity index (χ2v) is 5.86. The molecule has 2 aromatic rings. The third kappa shape index (κ3) is 3.34. The van der Waals surface area contributed by atoms with E-state index in [1.165, 1.54) is 16.7 Å². The van der Waals surface area contributed by atoms with E-state index in [1.54, 1.807) is 0 Å². The largest absolute Gasteiger partial charge is 0.387 e. The Morgan fingerprint density at radius 2 is 1.76 bits per heavy atom. The van der Waals surface area contributed by atoms with Crippen molar-refractivity contribution in [3.05, 3.63) is 70.8 Å². The molecular weight excluding hydrogens is 258 g/mol. The Morgan fingerprint density at radius 1 is 1.05 bits per heavy atom. The minimum atomic E-state index is -0.402. The van der Waals surface area contributed by atoms with Crippen LogP contribution in [-0.2, 0) is 19.4 Å². The van der Waals surface area contributed by atoms with Crippen LogP contribution in [0.25, 0.3) is 0 Å². The number of aryl methyl sites for hydroxylation is 1. The first-order valence-electron chi connectivity index (χ1n) is 7.82. The van der Waals surface area contributed by atoms with Gasteiger partial charge in [0.05, 0.1) is 6.10 Å². The number of rotatable bonds is 4. The minimum Gasteiger partial charge on any atom is -0.387 e. The summed E-state index contributed by atoms with van der Waals surface area (Å²) in [6, 6.07) is 17.0. The van der Waals surface area contributed by atoms with Crippen LogP contribution in [0, 0.1) is 0 Å². The molecule has 2 heteroatoms. The number of benzene rings is 2. The normalized spacial score (nSPS) is 16.5. The van der Waals surface area contributed by atoms with Gasteiger partial charge in [-0.05, 0) is 35.1 Å². The Labute approximate surface area is 127 Å². The van der Waals surface area contributed by atoms with Crippen molar-refractivity contribution >= 4 is 0 Å². The molecule has 0 amide bonds. The summed E-state index contributed by atoms with van der Waals surface area (Å²) >= 11 is 0. The highest BCUT2D eigenvalue weighted by molar-refractivity contribution is 5.29. The molecule has 1 aliphatic rings. The topological polar surface area (TPSA) is 23.5 Å². The summed E-state index contributed by atoms with van der Waals surface area (Å²) in [4.78, 5) is 2.35. The first kappa shape index (κ1) is 14.3. The van der Waals surface area contributed by atoms with Crippen LogP contribution in [0.1, 0.15) is 35.3 Å². The van der Waals surface area contributed by atoms with Crippen molar-refractivity contribution in [1.29, 1.82) is 0 Å². The molecule has 0 saturated carbocycles. The van der Waals surface area contributed by atoms with Crippen molar-refractivity contribution in [1.82, 2.24) is 4.90 Å². The molecule has 3 rings (SSSR count). The highest BCUT2D eigenvalue weighted by Crippen LogP contribution is 2.22. The molecule has 0 saturated heterocycles. The van der Waals surface area contributed by atoms with E-state index in [-0.39, 0.29) is 0 Å². The summed E-state index contributed by atoms with van der Waals surface area (Å²) in [5, 5.41) is 10.4. The predicted octanol–water partition coefficient (Wildman–Crippen LogP) is 3.34. The highest BCUT2D eigenvalue weighted by atomic mass is 16.3. The van der Waals surface area contributed by atoms with Crippen LogP contribution in [0.4, 0.5) is 0 Å². The van der Waals surface area contributed by atoms with E-state index >= 15 is 0 Å². The molecule has 1 atom stereocenters. The zero-order chi connectivity index (χ0) is 14.7. The zero-order valence-corrected chi connectivity index (χ0v) is 12.6.